The average Bonchev–Trinajstić information content (AvgIpc) is 2.61. The normalized spacial score (nSPS) is 55.2. The molecule has 17 heavy (non-hydrogen) atoms. The van der Waals surface area contributed by atoms with E-state index in [1.165, 1.54) is 6.66 Å². The molecular weight excluding hydrogens is 239 g/mol. The van der Waals surface area contributed by atoms with Crippen molar-refractivity contribution in [2.45, 2.75) is 43.8 Å². The van der Waals surface area contributed by atoms with E-state index in [0.717, 1.165) is 25.7 Å². The molecule has 6 atom stereocenters. The molecule has 0 aromatic rings. The second-order valence-corrected chi connectivity index (χ2v) is 8.01. The van der Waals surface area contributed by atoms with E-state index in [9.17, 15) is 9.46 Å². The van der Waals surface area contributed by atoms with E-state index >= 15 is 0 Å². The third-order valence-corrected chi connectivity index (χ3v) is 5.66. The zero-order valence-corrected chi connectivity index (χ0v) is 11.5. The Morgan fingerprint density at radius 1 is 1.35 bits per heavy atom. The number of ether oxygens (including phenoxy) is 1. The molecule has 5 heteroatoms. The van der Waals surface area contributed by atoms with Crippen LogP contribution in [0.1, 0.15) is 32.6 Å². The summed E-state index contributed by atoms with van der Waals surface area (Å²) in [6.07, 6.45) is 3.95. The standard InChI is InChI=1S/C12H21O4P/c1-8-4-10-11(5-8,15-2)6-9-7-12(9,10)16-17(3,13)14/h8-10H,4-7H2,1-3H3,(H,13,14)/p-1/t8-,9?,10?,11?,12-/m1/s1. The third kappa shape index (κ3) is 1.65. The molecule has 0 aliphatic heterocycles. The number of methoxy groups -OCH3 is 1. The van der Waals surface area contributed by atoms with Crippen molar-refractivity contribution >= 4 is 7.60 Å². The van der Waals surface area contributed by atoms with E-state index in [1.807, 2.05) is 0 Å². The summed E-state index contributed by atoms with van der Waals surface area (Å²) < 4.78 is 22.7. The lowest BCUT2D eigenvalue weighted by Gasteiger charge is -2.35. The largest absolute Gasteiger partial charge is 0.779 e. The summed E-state index contributed by atoms with van der Waals surface area (Å²) in [5.41, 5.74) is -0.524. The minimum absolute atomic E-state index is 0.114. The Bertz CT molecular complexity index is 392. The van der Waals surface area contributed by atoms with Crippen molar-refractivity contribution in [2.24, 2.45) is 17.8 Å². The molecule has 0 aromatic heterocycles. The Kier molecular flexibility index (Phi) is 2.40. The van der Waals surface area contributed by atoms with Crippen LogP contribution in [-0.2, 0) is 13.8 Å². The first-order valence-electron chi connectivity index (χ1n) is 6.36. The van der Waals surface area contributed by atoms with Gasteiger partial charge in [0.25, 0.3) is 0 Å². The van der Waals surface area contributed by atoms with Crippen molar-refractivity contribution in [2.75, 3.05) is 13.8 Å². The summed E-state index contributed by atoms with van der Waals surface area (Å²) in [6, 6.07) is 0. The number of hydrogen-bond acceptors (Lipinski definition) is 4. The predicted molar refractivity (Wildman–Crippen MR) is 61.7 cm³/mol. The van der Waals surface area contributed by atoms with Crippen LogP contribution < -0.4 is 4.89 Å². The van der Waals surface area contributed by atoms with Gasteiger partial charge >= 0.3 is 0 Å². The van der Waals surface area contributed by atoms with E-state index in [2.05, 4.69) is 6.92 Å². The van der Waals surface area contributed by atoms with Crippen LogP contribution in [0.4, 0.5) is 0 Å². The van der Waals surface area contributed by atoms with Crippen LogP contribution in [0.15, 0.2) is 0 Å². The van der Waals surface area contributed by atoms with Gasteiger partial charge in [-0.1, -0.05) is 6.92 Å². The zero-order valence-electron chi connectivity index (χ0n) is 10.6. The highest BCUT2D eigenvalue weighted by Gasteiger charge is 2.75. The summed E-state index contributed by atoms with van der Waals surface area (Å²) in [4.78, 5) is 11.4. The monoisotopic (exact) mass is 259 g/mol. The van der Waals surface area contributed by atoms with Gasteiger partial charge in [0.05, 0.1) is 11.2 Å². The smallest absolute Gasteiger partial charge is 0.132 e. The fourth-order valence-corrected chi connectivity index (χ4v) is 5.48. The van der Waals surface area contributed by atoms with Gasteiger partial charge < -0.3 is 18.7 Å². The summed E-state index contributed by atoms with van der Waals surface area (Å²) in [5, 5.41) is 0. The maximum absolute atomic E-state index is 11.4. The highest BCUT2D eigenvalue weighted by atomic mass is 31.2. The Morgan fingerprint density at radius 2 is 2.06 bits per heavy atom. The van der Waals surface area contributed by atoms with E-state index in [4.69, 9.17) is 9.26 Å². The topological polar surface area (TPSA) is 58.6 Å². The summed E-state index contributed by atoms with van der Waals surface area (Å²) in [7, 11) is -1.90. The molecule has 3 rings (SSSR count). The molecule has 3 aliphatic carbocycles. The fraction of sp³-hybridized carbons (Fsp3) is 1.00. The zero-order chi connectivity index (χ0) is 12.5. The SMILES string of the molecule is COC12CC3C[C@]3(OP(C)(=O)[O-])C1C[C@@H](C)C2. The lowest BCUT2D eigenvalue weighted by Crippen LogP contribution is -2.39. The molecule has 4 unspecified atom stereocenters. The first-order chi connectivity index (χ1) is 7.81. The highest BCUT2D eigenvalue weighted by molar-refractivity contribution is 7.50. The highest BCUT2D eigenvalue weighted by Crippen LogP contribution is 2.73. The number of rotatable bonds is 3. The van der Waals surface area contributed by atoms with Gasteiger partial charge in [-0.25, -0.2) is 0 Å². The Morgan fingerprint density at radius 3 is 2.65 bits per heavy atom. The van der Waals surface area contributed by atoms with Crippen LogP contribution in [0, 0.1) is 17.8 Å². The molecule has 0 radical (unpaired) electrons. The second kappa shape index (κ2) is 3.36. The van der Waals surface area contributed by atoms with Gasteiger partial charge in [-0.3, -0.25) is 0 Å². The van der Waals surface area contributed by atoms with Gasteiger partial charge in [-0.15, -0.1) is 0 Å². The lowest BCUT2D eigenvalue weighted by atomic mass is 9.88. The van der Waals surface area contributed by atoms with Gasteiger partial charge in [0.1, 0.15) is 7.60 Å². The molecular formula is C12H20O4P-. The summed E-state index contributed by atoms with van der Waals surface area (Å²) >= 11 is 0. The molecule has 98 valence electrons. The molecule has 0 N–H and O–H groups in total. The van der Waals surface area contributed by atoms with Gasteiger partial charge in [0.15, 0.2) is 0 Å². The van der Waals surface area contributed by atoms with E-state index < -0.39 is 13.2 Å². The molecule has 0 amide bonds. The van der Waals surface area contributed by atoms with Crippen LogP contribution in [-0.4, -0.2) is 25.0 Å². The Labute approximate surface area is 102 Å². The van der Waals surface area contributed by atoms with Crippen molar-refractivity contribution in [1.29, 1.82) is 0 Å². The minimum Gasteiger partial charge on any atom is -0.779 e. The maximum atomic E-state index is 11.4. The molecule has 3 fully saturated rings. The molecule has 3 aliphatic rings. The first kappa shape index (κ1) is 12.2. The second-order valence-electron chi connectivity index (χ2n) is 6.29. The van der Waals surface area contributed by atoms with Crippen LogP contribution in [0.25, 0.3) is 0 Å². The van der Waals surface area contributed by atoms with Crippen molar-refractivity contribution in [1.82, 2.24) is 0 Å². The number of hydrogen-bond donors (Lipinski definition) is 0. The predicted octanol–water partition coefficient (Wildman–Crippen LogP) is 1.78. The van der Waals surface area contributed by atoms with Crippen LogP contribution in [0.3, 0.4) is 0 Å². The van der Waals surface area contributed by atoms with Crippen molar-refractivity contribution in [3.63, 3.8) is 0 Å². The van der Waals surface area contributed by atoms with Gasteiger partial charge in [-0.05, 0) is 37.5 Å². The quantitative estimate of drug-likeness (QED) is 0.725. The summed E-state index contributed by atoms with van der Waals surface area (Å²) in [6.45, 7) is 3.40. The minimum atomic E-state index is -3.65. The molecule has 0 heterocycles. The number of fused-ring (bicyclic) bond motifs is 3. The third-order valence-electron chi connectivity index (χ3n) is 4.99. The van der Waals surface area contributed by atoms with E-state index in [1.54, 1.807) is 7.11 Å². The van der Waals surface area contributed by atoms with Crippen LogP contribution in [0.5, 0.6) is 0 Å². The molecule has 0 bridgehead atoms. The first-order valence-corrected chi connectivity index (χ1v) is 8.35. The van der Waals surface area contributed by atoms with Crippen molar-refractivity contribution in [3.05, 3.63) is 0 Å². The lowest BCUT2D eigenvalue weighted by molar-refractivity contribution is -0.205. The molecule has 4 nitrogen and oxygen atoms in total. The van der Waals surface area contributed by atoms with Crippen molar-refractivity contribution in [3.8, 4) is 0 Å². The molecule has 0 saturated heterocycles. The van der Waals surface area contributed by atoms with Gasteiger partial charge in [0, 0.05) is 19.7 Å². The van der Waals surface area contributed by atoms with Gasteiger partial charge in [-0.2, -0.15) is 0 Å². The Hall–Kier alpha value is 0.110. The summed E-state index contributed by atoms with van der Waals surface area (Å²) in [5.74, 6) is 1.26. The Balaban J connectivity index is 1.89. The fourth-order valence-electron chi connectivity index (χ4n) is 4.51. The van der Waals surface area contributed by atoms with Crippen molar-refractivity contribution < 1.29 is 18.7 Å². The molecule has 0 spiro atoms. The van der Waals surface area contributed by atoms with E-state index in [-0.39, 0.29) is 11.5 Å². The van der Waals surface area contributed by atoms with E-state index in [0.29, 0.717) is 11.8 Å². The maximum Gasteiger partial charge on any atom is 0.132 e. The molecule has 0 aromatic carbocycles. The average molecular weight is 259 g/mol. The van der Waals surface area contributed by atoms with Gasteiger partial charge in [0.2, 0.25) is 0 Å². The molecule has 3 saturated carbocycles. The van der Waals surface area contributed by atoms with Crippen LogP contribution in [0.2, 0.25) is 0 Å². The van der Waals surface area contributed by atoms with Crippen LogP contribution >= 0.6 is 7.60 Å².